The summed E-state index contributed by atoms with van der Waals surface area (Å²) in [6.07, 6.45) is 2.26. The van der Waals surface area contributed by atoms with E-state index in [1.165, 1.54) is 0 Å². The van der Waals surface area contributed by atoms with Gasteiger partial charge in [-0.2, -0.15) is 0 Å². The van der Waals surface area contributed by atoms with Crippen LogP contribution < -0.4 is 5.32 Å². The fourth-order valence-corrected chi connectivity index (χ4v) is 1.86. The van der Waals surface area contributed by atoms with Crippen LogP contribution in [0.5, 0.6) is 0 Å². The van der Waals surface area contributed by atoms with E-state index >= 15 is 0 Å². The topological polar surface area (TPSA) is 15.3 Å². The van der Waals surface area contributed by atoms with Gasteiger partial charge in [-0.3, -0.25) is 0 Å². The number of nitrogens with zero attached hydrogens (tertiary/aromatic N) is 1. The van der Waals surface area contributed by atoms with Crippen LogP contribution in [0.1, 0.15) is 26.7 Å². The Morgan fingerprint density at radius 1 is 1.23 bits per heavy atom. The van der Waals surface area contributed by atoms with Crippen molar-refractivity contribution in [2.75, 3.05) is 26.3 Å². The molecule has 1 fully saturated rings. The summed E-state index contributed by atoms with van der Waals surface area (Å²) in [6, 6.07) is 1.13. The summed E-state index contributed by atoms with van der Waals surface area (Å²) in [7, 11) is 0. The zero-order chi connectivity index (χ0) is 9.68. The van der Waals surface area contributed by atoms with Crippen LogP contribution in [0, 0.1) is 0 Å². The third-order valence-electron chi connectivity index (χ3n) is 2.73. The van der Waals surface area contributed by atoms with Crippen LogP contribution in [0.3, 0.4) is 0 Å². The van der Waals surface area contributed by atoms with Crippen molar-refractivity contribution in [1.29, 1.82) is 0 Å². The van der Waals surface area contributed by atoms with Gasteiger partial charge in [0.2, 0.25) is 0 Å². The van der Waals surface area contributed by atoms with Gasteiger partial charge in [0, 0.05) is 18.6 Å². The molecule has 1 aliphatic rings. The van der Waals surface area contributed by atoms with E-state index in [4.69, 9.17) is 0 Å². The lowest BCUT2D eigenvalue weighted by molar-refractivity contribution is 0.204. The standard InChI is InChI=1S/C10H21FN2/c1-9-3-6-13(8-5-11)7-4-10(2)12-9/h9-10,12H,3-8H2,1-2H3. The first kappa shape index (κ1) is 10.9. The van der Waals surface area contributed by atoms with Crippen LogP contribution in [0.4, 0.5) is 4.39 Å². The predicted molar refractivity (Wildman–Crippen MR) is 53.7 cm³/mol. The van der Waals surface area contributed by atoms with Crippen molar-refractivity contribution in [2.45, 2.75) is 38.8 Å². The Bertz CT molecular complexity index is 129. The molecule has 1 N–H and O–H groups in total. The van der Waals surface area contributed by atoms with Crippen LogP contribution >= 0.6 is 0 Å². The highest BCUT2D eigenvalue weighted by Crippen LogP contribution is 2.05. The number of rotatable bonds is 2. The summed E-state index contributed by atoms with van der Waals surface area (Å²) >= 11 is 0. The van der Waals surface area contributed by atoms with Crippen molar-refractivity contribution in [2.24, 2.45) is 0 Å². The van der Waals surface area contributed by atoms with Gasteiger partial charge in [-0.25, -0.2) is 4.39 Å². The molecule has 1 saturated heterocycles. The summed E-state index contributed by atoms with van der Waals surface area (Å²) in [5.74, 6) is 0. The Balaban J connectivity index is 2.34. The molecule has 0 amide bonds. The van der Waals surface area contributed by atoms with Crippen LogP contribution in [0.2, 0.25) is 0 Å². The molecular weight excluding hydrogens is 167 g/mol. The van der Waals surface area contributed by atoms with Gasteiger partial charge >= 0.3 is 0 Å². The second kappa shape index (κ2) is 5.55. The quantitative estimate of drug-likeness (QED) is 0.705. The summed E-state index contributed by atoms with van der Waals surface area (Å²) in [6.45, 7) is 6.87. The van der Waals surface area contributed by atoms with Crippen LogP contribution in [0.15, 0.2) is 0 Å². The van der Waals surface area contributed by atoms with Crippen molar-refractivity contribution in [3.63, 3.8) is 0 Å². The van der Waals surface area contributed by atoms with E-state index in [0.29, 0.717) is 18.6 Å². The number of hydrogen-bond donors (Lipinski definition) is 1. The van der Waals surface area contributed by atoms with Gasteiger partial charge < -0.3 is 10.2 Å². The van der Waals surface area contributed by atoms with Crippen molar-refractivity contribution >= 4 is 0 Å². The first-order valence-corrected chi connectivity index (χ1v) is 5.26. The van der Waals surface area contributed by atoms with E-state index in [9.17, 15) is 4.39 Å². The monoisotopic (exact) mass is 188 g/mol. The van der Waals surface area contributed by atoms with E-state index in [1.54, 1.807) is 0 Å². The molecule has 0 bridgehead atoms. The highest BCUT2D eigenvalue weighted by Gasteiger charge is 2.15. The van der Waals surface area contributed by atoms with Gasteiger partial charge in [-0.15, -0.1) is 0 Å². The lowest BCUT2D eigenvalue weighted by Gasteiger charge is -2.30. The van der Waals surface area contributed by atoms with Crippen LogP contribution in [-0.4, -0.2) is 43.3 Å². The van der Waals surface area contributed by atoms with Gasteiger partial charge in [0.25, 0.3) is 0 Å². The molecule has 0 aromatic carbocycles. The third-order valence-corrected chi connectivity index (χ3v) is 2.73. The SMILES string of the molecule is CC1CCN(CCF)CCC(C)N1. The highest BCUT2D eigenvalue weighted by molar-refractivity contribution is 4.74. The Hall–Kier alpha value is -0.150. The molecule has 0 radical (unpaired) electrons. The molecule has 3 heteroatoms. The minimum absolute atomic E-state index is 0.212. The van der Waals surface area contributed by atoms with Crippen LogP contribution in [-0.2, 0) is 0 Å². The molecule has 2 nitrogen and oxygen atoms in total. The van der Waals surface area contributed by atoms with E-state index in [-0.39, 0.29) is 6.67 Å². The van der Waals surface area contributed by atoms with Crippen LogP contribution in [0.25, 0.3) is 0 Å². The first-order valence-electron chi connectivity index (χ1n) is 5.26. The predicted octanol–water partition coefficient (Wildman–Crippen LogP) is 1.42. The van der Waals surface area contributed by atoms with Gasteiger partial charge in [0.05, 0.1) is 0 Å². The Morgan fingerprint density at radius 3 is 2.23 bits per heavy atom. The van der Waals surface area contributed by atoms with E-state index < -0.39 is 0 Å². The maximum atomic E-state index is 12.1. The average molecular weight is 188 g/mol. The molecule has 1 aliphatic heterocycles. The molecular formula is C10H21FN2. The number of nitrogens with one attached hydrogen (secondary N) is 1. The number of alkyl halides is 1. The maximum absolute atomic E-state index is 12.1. The van der Waals surface area contributed by atoms with E-state index in [0.717, 1.165) is 25.9 Å². The lowest BCUT2D eigenvalue weighted by Crippen LogP contribution is -2.43. The normalized spacial score (nSPS) is 32.5. The Kier molecular flexibility index (Phi) is 4.67. The smallest absolute Gasteiger partial charge is 0.102 e. The fourth-order valence-electron chi connectivity index (χ4n) is 1.86. The highest BCUT2D eigenvalue weighted by atomic mass is 19.1. The van der Waals surface area contributed by atoms with Crippen molar-refractivity contribution in [3.05, 3.63) is 0 Å². The molecule has 1 heterocycles. The van der Waals surface area contributed by atoms with Gasteiger partial charge in [-0.05, 0) is 39.8 Å². The minimum atomic E-state index is -0.212. The Morgan fingerprint density at radius 2 is 1.77 bits per heavy atom. The maximum Gasteiger partial charge on any atom is 0.102 e. The second-order valence-electron chi connectivity index (χ2n) is 4.08. The molecule has 2 unspecified atom stereocenters. The molecule has 0 aliphatic carbocycles. The summed E-state index contributed by atoms with van der Waals surface area (Å²) in [5.41, 5.74) is 0. The van der Waals surface area contributed by atoms with E-state index in [1.807, 2.05) is 0 Å². The zero-order valence-corrected chi connectivity index (χ0v) is 8.72. The summed E-state index contributed by atoms with van der Waals surface area (Å²) in [5, 5.41) is 3.52. The van der Waals surface area contributed by atoms with E-state index in [2.05, 4.69) is 24.1 Å². The number of halogens is 1. The molecule has 78 valence electrons. The molecule has 2 atom stereocenters. The van der Waals surface area contributed by atoms with Crippen molar-refractivity contribution in [1.82, 2.24) is 10.2 Å². The summed E-state index contributed by atoms with van der Waals surface area (Å²) in [4.78, 5) is 2.23. The Labute approximate surface area is 80.5 Å². The second-order valence-corrected chi connectivity index (χ2v) is 4.08. The van der Waals surface area contributed by atoms with Gasteiger partial charge in [0.15, 0.2) is 0 Å². The average Bonchev–Trinajstić information content (AvgIpc) is 2.07. The molecule has 0 aromatic heterocycles. The zero-order valence-electron chi connectivity index (χ0n) is 8.72. The molecule has 0 spiro atoms. The third kappa shape index (κ3) is 4.05. The minimum Gasteiger partial charge on any atom is -0.312 e. The van der Waals surface area contributed by atoms with Gasteiger partial charge in [-0.1, -0.05) is 0 Å². The van der Waals surface area contributed by atoms with Gasteiger partial charge in [0.1, 0.15) is 6.67 Å². The molecule has 0 saturated carbocycles. The molecule has 1 rings (SSSR count). The van der Waals surface area contributed by atoms with Crippen molar-refractivity contribution in [3.8, 4) is 0 Å². The first-order chi connectivity index (χ1) is 6.22. The lowest BCUT2D eigenvalue weighted by atomic mass is 10.1. The fraction of sp³-hybridized carbons (Fsp3) is 1.00. The number of hydrogen-bond acceptors (Lipinski definition) is 2. The molecule has 13 heavy (non-hydrogen) atoms. The largest absolute Gasteiger partial charge is 0.312 e. The van der Waals surface area contributed by atoms with Crippen molar-refractivity contribution < 1.29 is 4.39 Å². The molecule has 0 aromatic rings. The summed E-state index contributed by atoms with van der Waals surface area (Å²) < 4.78 is 12.1.